The second kappa shape index (κ2) is 2.79. The van der Waals surface area contributed by atoms with Crippen LogP contribution in [-0.4, -0.2) is 15.0 Å². The molecule has 0 saturated carbocycles. The zero-order chi connectivity index (χ0) is 7.56. The third-order valence-electron chi connectivity index (χ3n) is 1.35. The number of hydrogen-bond acceptors (Lipinski definition) is 3. The first-order valence-corrected chi connectivity index (χ1v) is 3.35. The first-order chi connectivity index (χ1) is 4.75. The van der Waals surface area contributed by atoms with Crippen molar-refractivity contribution >= 4 is 0 Å². The van der Waals surface area contributed by atoms with Crippen LogP contribution in [0.5, 0.6) is 0 Å². The predicted octanol–water partition coefficient (Wildman–Crippen LogP) is 0.318. The molecular formula is C6H12N4. The summed E-state index contributed by atoms with van der Waals surface area (Å²) in [5.74, 6) is 0. The van der Waals surface area contributed by atoms with E-state index >= 15 is 0 Å². The maximum absolute atomic E-state index is 5.43. The Morgan fingerprint density at radius 1 is 1.70 bits per heavy atom. The lowest BCUT2D eigenvalue weighted by Crippen LogP contribution is -2.10. The summed E-state index contributed by atoms with van der Waals surface area (Å²) in [6.45, 7) is 4.60. The molecule has 1 aromatic rings. The topological polar surface area (TPSA) is 56.7 Å². The second-order valence-corrected chi connectivity index (χ2v) is 2.47. The van der Waals surface area contributed by atoms with Crippen molar-refractivity contribution in [3.8, 4) is 0 Å². The molecule has 10 heavy (non-hydrogen) atoms. The summed E-state index contributed by atoms with van der Waals surface area (Å²) in [6.07, 6.45) is 1.69. The number of nitrogens with two attached hydrogens (primary N) is 1. The van der Waals surface area contributed by atoms with Crippen LogP contribution in [0.25, 0.3) is 0 Å². The van der Waals surface area contributed by atoms with E-state index in [1.54, 1.807) is 6.20 Å². The summed E-state index contributed by atoms with van der Waals surface area (Å²) in [6, 6.07) is 0.348. The highest BCUT2D eigenvalue weighted by atomic mass is 15.4. The average Bonchev–Trinajstić information content (AvgIpc) is 2.33. The summed E-state index contributed by atoms with van der Waals surface area (Å²) in [4.78, 5) is 0. The highest BCUT2D eigenvalue weighted by Crippen LogP contribution is 2.04. The molecule has 0 aliphatic heterocycles. The van der Waals surface area contributed by atoms with Gasteiger partial charge in [-0.05, 0) is 13.8 Å². The van der Waals surface area contributed by atoms with Crippen LogP contribution in [0.3, 0.4) is 0 Å². The molecule has 0 bridgehead atoms. The Morgan fingerprint density at radius 3 is 2.80 bits per heavy atom. The number of aromatic nitrogens is 3. The third kappa shape index (κ3) is 1.16. The first-order valence-electron chi connectivity index (χ1n) is 3.35. The molecule has 0 radical (unpaired) electrons. The maximum Gasteiger partial charge on any atom is 0.0738 e. The minimum Gasteiger partial charge on any atom is -0.325 e. The molecular weight excluding hydrogens is 128 g/mol. The zero-order valence-electron chi connectivity index (χ0n) is 6.28. The quantitative estimate of drug-likeness (QED) is 0.643. The van der Waals surface area contributed by atoms with E-state index in [9.17, 15) is 0 Å². The fourth-order valence-corrected chi connectivity index (χ4v) is 0.846. The number of hydrogen-bond donors (Lipinski definition) is 1. The molecule has 0 fully saturated rings. The zero-order valence-corrected chi connectivity index (χ0v) is 6.28. The van der Waals surface area contributed by atoms with Crippen molar-refractivity contribution in [1.82, 2.24) is 15.0 Å². The smallest absolute Gasteiger partial charge is 0.0738 e. The molecule has 2 N–H and O–H groups in total. The van der Waals surface area contributed by atoms with Crippen LogP contribution in [0.15, 0.2) is 6.20 Å². The number of rotatable bonds is 2. The molecule has 0 aliphatic carbocycles. The summed E-state index contributed by atoms with van der Waals surface area (Å²) in [5.41, 5.74) is 6.41. The van der Waals surface area contributed by atoms with Gasteiger partial charge in [-0.3, -0.25) is 0 Å². The fourth-order valence-electron chi connectivity index (χ4n) is 0.846. The lowest BCUT2D eigenvalue weighted by molar-refractivity contribution is 0.494. The van der Waals surface area contributed by atoms with Crippen molar-refractivity contribution in [2.24, 2.45) is 5.73 Å². The van der Waals surface area contributed by atoms with Crippen LogP contribution in [0, 0.1) is 0 Å². The maximum atomic E-state index is 5.43. The van der Waals surface area contributed by atoms with Gasteiger partial charge >= 0.3 is 0 Å². The van der Waals surface area contributed by atoms with Crippen LogP contribution < -0.4 is 5.73 Å². The molecule has 1 heterocycles. The van der Waals surface area contributed by atoms with Crippen molar-refractivity contribution in [2.45, 2.75) is 26.4 Å². The minimum absolute atomic E-state index is 0.348. The van der Waals surface area contributed by atoms with Crippen LogP contribution in [-0.2, 0) is 6.54 Å². The molecule has 0 saturated heterocycles. The average molecular weight is 140 g/mol. The van der Waals surface area contributed by atoms with Crippen molar-refractivity contribution < 1.29 is 0 Å². The van der Waals surface area contributed by atoms with Crippen LogP contribution in [0.4, 0.5) is 0 Å². The Kier molecular flexibility index (Phi) is 2.01. The Balaban J connectivity index is 2.90. The fraction of sp³-hybridized carbons (Fsp3) is 0.667. The Hall–Kier alpha value is -0.900. The van der Waals surface area contributed by atoms with Gasteiger partial charge < -0.3 is 5.73 Å². The lowest BCUT2D eigenvalue weighted by atomic mass is 10.3. The first kappa shape index (κ1) is 7.21. The second-order valence-electron chi connectivity index (χ2n) is 2.47. The normalized spacial score (nSPS) is 10.8. The summed E-state index contributed by atoms with van der Waals surface area (Å²) in [5, 5.41) is 7.62. The van der Waals surface area contributed by atoms with Gasteiger partial charge in [-0.25, -0.2) is 4.68 Å². The molecule has 4 heteroatoms. The lowest BCUT2D eigenvalue weighted by Gasteiger charge is -2.06. The molecule has 0 aliphatic rings. The van der Waals surface area contributed by atoms with Crippen molar-refractivity contribution in [3.05, 3.63) is 11.9 Å². The van der Waals surface area contributed by atoms with E-state index in [-0.39, 0.29) is 0 Å². The minimum atomic E-state index is 0.348. The Bertz CT molecular complexity index is 203. The van der Waals surface area contributed by atoms with E-state index in [2.05, 4.69) is 10.3 Å². The van der Waals surface area contributed by atoms with Gasteiger partial charge in [0.05, 0.1) is 11.9 Å². The van der Waals surface area contributed by atoms with E-state index in [1.165, 1.54) is 0 Å². The van der Waals surface area contributed by atoms with Gasteiger partial charge in [0, 0.05) is 12.6 Å². The van der Waals surface area contributed by atoms with Gasteiger partial charge in [-0.2, -0.15) is 0 Å². The molecule has 0 unspecified atom stereocenters. The molecule has 0 aromatic carbocycles. The molecule has 0 atom stereocenters. The SMILES string of the molecule is CC(C)n1nncc1CN. The van der Waals surface area contributed by atoms with Crippen molar-refractivity contribution in [1.29, 1.82) is 0 Å². The molecule has 1 rings (SSSR count). The molecule has 0 spiro atoms. The van der Waals surface area contributed by atoms with Crippen LogP contribution >= 0.6 is 0 Å². The standard InChI is InChI=1S/C6H12N4/c1-5(2)10-6(3-7)4-8-9-10/h4-5H,3,7H2,1-2H3. The van der Waals surface area contributed by atoms with Gasteiger partial charge in [0.25, 0.3) is 0 Å². The van der Waals surface area contributed by atoms with Gasteiger partial charge in [0.2, 0.25) is 0 Å². The molecule has 1 aromatic heterocycles. The largest absolute Gasteiger partial charge is 0.325 e. The van der Waals surface area contributed by atoms with E-state index in [4.69, 9.17) is 5.73 Å². The predicted molar refractivity (Wildman–Crippen MR) is 38.3 cm³/mol. The highest BCUT2D eigenvalue weighted by molar-refractivity contribution is 4.93. The monoisotopic (exact) mass is 140 g/mol. The van der Waals surface area contributed by atoms with Gasteiger partial charge in [-0.15, -0.1) is 5.10 Å². The van der Waals surface area contributed by atoms with Gasteiger partial charge in [0.1, 0.15) is 0 Å². The third-order valence-corrected chi connectivity index (χ3v) is 1.35. The van der Waals surface area contributed by atoms with Crippen molar-refractivity contribution in [3.63, 3.8) is 0 Å². The van der Waals surface area contributed by atoms with Gasteiger partial charge in [0.15, 0.2) is 0 Å². The van der Waals surface area contributed by atoms with Crippen LogP contribution in [0.2, 0.25) is 0 Å². The molecule has 56 valence electrons. The summed E-state index contributed by atoms with van der Waals surface area (Å²) < 4.78 is 1.82. The highest BCUT2D eigenvalue weighted by Gasteiger charge is 2.03. The van der Waals surface area contributed by atoms with E-state index < -0.39 is 0 Å². The summed E-state index contributed by atoms with van der Waals surface area (Å²) >= 11 is 0. The van der Waals surface area contributed by atoms with Gasteiger partial charge in [-0.1, -0.05) is 5.21 Å². The number of nitrogens with zero attached hydrogens (tertiary/aromatic N) is 3. The van der Waals surface area contributed by atoms with E-state index in [0.29, 0.717) is 12.6 Å². The Labute approximate surface area is 60.0 Å². The van der Waals surface area contributed by atoms with Crippen molar-refractivity contribution in [2.75, 3.05) is 0 Å². The van der Waals surface area contributed by atoms with E-state index in [1.807, 2.05) is 18.5 Å². The summed E-state index contributed by atoms with van der Waals surface area (Å²) in [7, 11) is 0. The molecule has 0 amide bonds. The Morgan fingerprint density at radius 2 is 2.40 bits per heavy atom. The van der Waals surface area contributed by atoms with Crippen LogP contribution in [0.1, 0.15) is 25.6 Å². The van der Waals surface area contributed by atoms with E-state index in [0.717, 1.165) is 5.69 Å². The molecule has 4 nitrogen and oxygen atoms in total.